The highest BCUT2D eigenvalue weighted by Crippen LogP contribution is 2.29. The molecule has 0 saturated heterocycles. The van der Waals surface area contributed by atoms with Crippen molar-refractivity contribution in [2.24, 2.45) is 5.10 Å². The van der Waals surface area contributed by atoms with Gasteiger partial charge in [-0.3, -0.25) is 19.9 Å². The van der Waals surface area contributed by atoms with E-state index in [9.17, 15) is 14.9 Å². The van der Waals surface area contributed by atoms with Crippen molar-refractivity contribution in [3.8, 4) is 0 Å². The zero-order valence-corrected chi connectivity index (χ0v) is 13.3. The number of carbonyl (C=O) groups is 1. The molecule has 8 nitrogen and oxygen atoms in total. The van der Waals surface area contributed by atoms with E-state index in [1.807, 2.05) is 0 Å². The van der Waals surface area contributed by atoms with Crippen molar-refractivity contribution in [1.82, 2.24) is 10.4 Å². The predicted molar refractivity (Wildman–Crippen MR) is 90.2 cm³/mol. The van der Waals surface area contributed by atoms with E-state index in [0.717, 1.165) is 0 Å². The molecule has 2 N–H and O–H groups in total. The van der Waals surface area contributed by atoms with Gasteiger partial charge in [-0.1, -0.05) is 6.07 Å². The van der Waals surface area contributed by atoms with Crippen LogP contribution in [0.3, 0.4) is 0 Å². The van der Waals surface area contributed by atoms with Crippen LogP contribution < -0.4 is 5.43 Å². The highest BCUT2D eigenvalue weighted by atomic mass is 32.2. The minimum atomic E-state index is -0.493. The van der Waals surface area contributed by atoms with E-state index in [0.29, 0.717) is 21.8 Å². The molecule has 0 aliphatic carbocycles. The highest BCUT2D eigenvalue weighted by Gasteiger charge is 2.14. The van der Waals surface area contributed by atoms with E-state index >= 15 is 0 Å². The van der Waals surface area contributed by atoms with Crippen LogP contribution in [0.25, 0.3) is 0 Å². The molecular weight excluding hydrogens is 332 g/mol. The Hall–Kier alpha value is -2.78. The number of aliphatic hydroxyl groups is 1. The van der Waals surface area contributed by atoms with Crippen molar-refractivity contribution >= 4 is 29.6 Å². The molecule has 2 rings (SSSR count). The summed E-state index contributed by atoms with van der Waals surface area (Å²) in [7, 11) is 0. The van der Waals surface area contributed by atoms with Crippen LogP contribution >= 0.6 is 11.8 Å². The number of hydrogen-bond acceptors (Lipinski definition) is 7. The number of nitro groups is 1. The fourth-order valence-electron chi connectivity index (χ4n) is 1.77. The van der Waals surface area contributed by atoms with Crippen molar-refractivity contribution in [3.63, 3.8) is 0 Å². The lowest BCUT2D eigenvalue weighted by molar-refractivity contribution is -0.387. The SMILES string of the molecule is O=C(N/N=C\c1ccc(SCCO)c([N+](=O)[O-])c1)c1ccncc1. The van der Waals surface area contributed by atoms with Crippen LogP contribution in [0.5, 0.6) is 0 Å². The summed E-state index contributed by atoms with van der Waals surface area (Å²) in [6.07, 6.45) is 4.31. The minimum Gasteiger partial charge on any atom is -0.396 e. The minimum absolute atomic E-state index is 0.0634. The lowest BCUT2D eigenvalue weighted by atomic mass is 10.2. The van der Waals surface area contributed by atoms with Crippen LogP contribution in [-0.4, -0.2) is 39.5 Å². The van der Waals surface area contributed by atoms with Gasteiger partial charge in [0.25, 0.3) is 11.6 Å². The number of thioether (sulfide) groups is 1. The largest absolute Gasteiger partial charge is 0.396 e. The number of pyridine rings is 1. The molecule has 0 spiro atoms. The number of hydrazone groups is 1. The molecule has 0 radical (unpaired) electrons. The first-order valence-electron chi connectivity index (χ1n) is 6.87. The number of hydrogen-bond donors (Lipinski definition) is 2. The number of nitrogens with one attached hydrogen (secondary N) is 1. The smallest absolute Gasteiger partial charge is 0.283 e. The molecule has 0 bridgehead atoms. The Morgan fingerprint density at radius 2 is 2.12 bits per heavy atom. The summed E-state index contributed by atoms with van der Waals surface area (Å²) in [6, 6.07) is 7.69. The van der Waals surface area contributed by atoms with Crippen LogP contribution in [-0.2, 0) is 0 Å². The van der Waals surface area contributed by atoms with E-state index in [4.69, 9.17) is 5.11 Å². The lowest BCUT2D eigenvalue weighted by Gasteiger charge is -2.03. The van der Waals surface area contributed by atoms with Crippen molar-refractivity contribution in [2.75, 3.05) is 12.4 Å². The Morgan fingerprint density at radius 1 is 1.38 bits per heavy atom. The maximum atomic E-state index is 11.8. The quantitative estimate of drug-likeness (QED) is 0.342. The number of aromatic nitrogens is 1. The van der Waals surface area contributed by atoms with E-state index in [1.165, 1.54) is 36.4 Å². The summed E-state index contributed by atoms with van der Waals surface area (Å²) >= 11 is 1.20. The van der Waals surface area contributed by atoms with Crippen molar-refractivity contribution in [1.29, 1.82) is 0 Å². The summed E-state index contributed by atoms with van der Waals surface area (Å²) < 4.78 is 0. The first kappa shape index (κ1) is 17.6. The van der Waals surface area contributed by atoms with Crippen molar-refractivity contribution in [2.45, 2.75) is 4.90 Å². The molecule has 24 heavy (non-hydrogen) atoms. The number of benzene rings is 1. The number of aliphatic hydroxyl groups excluding tert-OH is 1. The van der Waals surface area contributed by atoms with Gasteiger partial charge >= 0.3 is 0 Å². The van der Waals surface area contributed by atoms with Crippen LogP contribution in [0.2, 0.25) is 0 Å². The highest BCUT2D eigenvalue weighted by molar-refractivity contribution is 7.99. The second-order valence-corrected chi connectivity index (χ2v) is 5.63. The summed E-state index contributed by atoms with van der Waals surface area (Å²) in [5.74, 6) is -0.0331. The molecule has 1 aromatic carbocycles. The Bertz CT molecular complexity index is 752. The van der Waals surface area contributed by atoms with Gasteiger partial charge in [-0.05, 0) is 18.2 Å². The van der Waals surface area contributed by atoms with Gasteiger partial charge in [0.1, 0.15) is 0 Å². The van der Waals surface area contributed by atoms with Gasteiger partial charge < -0.3 is 5.11 Å². The van der Waals surface area contributed by atoms with E-state index in [-0.39, 0.29) is 12.3 Å². The molecule has 0 saturated carbocycles. The predicted octanol–water partition coefficient (Wildman–Crippen LogP) is 1.84. The monoisotopic (exact) mass is 346 g/mol. The number of rotatable bonds is 7. The van der Waals surface area contributed by atoms with Gasteiger partial charge in [-0.25, -0.2) is 5.43 Å². The van der Waals surface area contributed by atoms with Gasteiger partial charge in [0, 0.05) is 35.3 Å². The van der Waals surface area contributed by atoms with E-state index in [2.05, 4.69) is 15.5 Å². The molecule has 2 aromatic rings. The number of nitro benzene ring substituents is 1. The molecule has 1 aromatic heterocycles. The first-order valence-corrected chi connectivity index (χ1v) is 7.86. The van der Waals surface area contributed by atoms with Gasteiger partial charge in [0.05, 0.1) is 22.6 Å². The second kappa shape index (κ2) is 8.75. The molecule has 1 heterocycles. The average molecular weight is 346 g/mol. The maximum Gasteiger partial charge on any atom is 0.283 e. The number of carbonyl (C=O) groups excluding carboxylic acids is 1. The Morgan fingerprint density at radius 3 is 2.79 bits per heavy atom. The average Bonchev–Trinajstić information content (AvgIpc) is 2.61. The number of nitrogens with zero attached hydrogens (tertiary/aromatic N) is 3. The van der Waals surface area contributed by atoms with Crippen LogP contribution in [0.15, 0.2) is 52.7 Å². The Labute approximate surface area is 141 Å². The molecule has 0 aliphatic rings. The molecule has 0 atom stereocenters. The van der Waals surface area contributed by atoms with Crippen LogP contribution in [0.1, 0.15) is 15.9 Å². The zero-order chi connectivity index (χ0) is 17.4. The van der Waals surface area contributed by atoms with Crippen molar-refractivity contribution < 1.29 is 14.8 Å². The molecule has 0 unspecified atom stereocenters. The molecule has 0 aliphatic heterocycles. The van der Waals surface area contributed by atoms with Gasteiger partial charge in [-0.2, -0.15) is 5.10 Å². The van der Waals surface area contributed by atoms with Gasteiger partial charge in [0.2, 0.25) is 0 Å². The Kier molecular flexibility index (Phi) is 6.41. The van der Waals surface area contributed by atoms with E-state index in [1.54, 1.807) is 24.3 Å². The fourth-order valence-corrected chi connectivity index (χ4v) is 2.53. The molecule has 1 amide bonds. The third-order valence-electron chi connectivity index (χ3n) is 2.85. The lowest BCUT2D eigenvalue weighted by Crippen LogP contribution is -2.17. The third-order valence-corrected chi connectivity index (χ3v) is 3.89. The van der Waals surface area contributed by atoms with Crippen molar-refractivity contribution in [3.05, 3.63) is 64.0 Å². The fraction of sp³-hybridized carbons (Fsp3) is 0.133. The standard InChI is InChI=1S/C15H14N4O4S/c20-7-8-24-14-2-1-11(9-13(14)19(22)23)10-17-18-15(21)12-3-5-16-6-4-12/h1-6,9-10,20H,7-8H2,(H,18,21)/b17-10-. The molecule has 0 fully saturated rings. The molecule has 124 valence electrons. The third kappa shape index (κ3) is 4.86. The van der Waals surface area contributed by atoms with E-state index < -0.39 is 10.8 Å². The summed E-state index contributed by atoms with van der Waals surface area (Å²) in [6.45, 7) is -0.0634. The summed E-state index contributed by atoms with van der Waals surface area (Å²) in [4.78, 5) is 26.7. The normalized spacial score (nSPS) is 10.7. The number of amides is 1. The molecular formula is C15H14N4O4S. The summed E-state index contributed by atoms with van der Waals surface area (Å²) in [5.41, 5.74) is 3.15. The first-order chi connectivity index (χ1) is 11.6. The van der Waals surface area contributed by atoms with Gasteiger partial charge in [0.15, 0.2) is 0 Å². The van der Waals surface area contributed by atoms with Crippen LogP contribution in [0, 0.1) is 10.1 Å². The van der Waals surface area contributed by atoms with Crippen LogP contribution in [0.4, 0.5) is 5.69 Å². The Balaban J connectivity index is 2.07. The zero-order valence-electron chi connectivity index (χ0n) is 12.5. The van der Waals surface area contributed by atoms with Gasteiger partial charge in [-0.15, -0.1) is 11.8 Å². The summed E-state index contributed by atoms with van der Waals surface area (Å²) in [5, 5.41) is 23.7. The maximum absolute atomic E-state index is 11.8. The topological polar surface area (TPSA) is 118 Å². The molecule has 9 heteroatoms. The second-order valence-electron chi connectivity index (χ2n) is 4.49.